The largest absolute Gasteiger partial charge is 0.573 e. The monoisotopic (exact) mass is 515 g/mol. The van der Waals surface area contributed by atoms with Gasteiger partial charge in [-0.05, 0) is 80.2 Å². The number of ether oxygens (including phenoxy) is 1. The summed E-state index contributed by atoms with van der Waals surface area (Å²) < 4.78 is 43.0. The Morgan fingerprint density at radius 1 is 1.19 bits per heavy atom. The highest BCUT2D eigenvalue weighted by molar-refractivity contribution is 6.01. The van der Waals surface area contributed by atoms with Crippen LogP contribution in [-0.4, -0.2) is 46.5 Å². The molecule has 2 fully saturated rings. The first-order valence-electron chi connectivity index (χ1n) is 12.8. The third-order valence-electron chi connectivity index (χ3n) is 8.40. The highest BCUT2D eigenvalue weighted by atomic mass is 19.4. The molecule has 1 N–H and O–H groups in total. The molecule has 1 amide bonds. The maximum absolute atomic E-state index is 13.1. The first kappa shape index (κ1) is 25.4. The number of amides is 1. The van der Waals surface area contributed by atoms with E-state index in [1.807, 2.05) is 19.9 Å². The van der Waals surface area contributed by atoms with Crippen LogP contribution in [0.3, 0.4) is 0 Å². The molecule has 5 rings (SSSR count). The molecular weight excluding hydrogens is 483 g/mol. The highest BCUT2D eigenvalue weighted by Crippen LogP contribution is 2.57. The van der Waals surface area contributed by atoms with E-state index in [0.29, 0.717) is 36.0 Å². The second kappa shape index (κ2) is 9.54. The molecule has 7 nitrogen and oxygen atoms in total. The number of carbonyl (C=O) groups excluding carboxylic acids is 1. The van der Waals surface area contributed by atoms with Crippen LogP contribution >= 0.6 is 0 Å². The molecule has 1 aliphatic heterocycles. The Morgan fingerprint density at radius 2 is 1.89 bits per heavy atom. The number of nitrogens with one attached hydrogen (secondary N) is 1. The van der Waals surface area contributed by atoms with Crippen LogP contribution < -0.4 is 15.0 Å². The minimum Gasteiger partial charge on any atom is -0.406 e. The second-order valence-electron chi connectivity index (χ2n) is 10.4. The fraction of sp³-hybridized carbons (Fsp3) is 0.519. The Labute approximate surface area is 214 Å². The molecule has 1 aromatic carbocycles. The lowest BCUT2D eigenvalue weighted by atomic mass is 9.50. The van der Waals surface area contributed by atoms with Gasteiger partial charge in [0, 0.05) is 37.2 Å². The van der Waals surface area contributed by atoms with Crippen molar-refractivity contribution in [2.45, 2.75) is 52.8 Å². The van der Waals surface area contributed by atoms with Crippen molar-refractivity contribution in [3.63, 3.8) is 0 Å². The van der Waals surface area contributed by atoms with Gasteiger partial charge in [-0.25, -0.2) is 9.50 Å². The molecule has 2 aliphatic rings. The van der Waals surface area contributed by atoms with Gasteiger partial charge in [-0.1, -0.05) is 13.8 Å². The molecule has 37 heavy (non-hydrogen) atoms. The highest BCUT2D eigenvalue weighted by Gasteiger charge is 2.51. The lowest BCUT2D eigenvalue weighted by Crippen LogP contribution is -2.55. The number of benzene rings is 1. The topological polar surface area (TPSA) is 71.8 Å². The molecule has 2 atom stereocenters. The van der Waals surface area contributed by atoms with E-state index < -0.39 is 6.36 Å². The van der Waals surface area contributed by atoms with Gasteiger partial charge in [-0.15, -0.1) is 13.2 Å². The van der Waals surface area contributed by atoms with Gasteiger partial charge in [0.1, 0.15) is 11.3 Å². The molecule has 2 aromatic heterocycles. The number of aromatic nitrogens is 3. The number of carbonyl (C=O) groups is 1. The summed E-state index contributed by atoms with van der Waals surface area (Å²) in [7, 11) is 0. The normalized spacial score (nSPS) is 21.2. The van der Waals surface area contributed by atoms with Crippen LogP contribution in [0.25, 0.3) is 5.65 Å². The molecule has 1 saturated carbocycles. The average Bonchev–Trinajstić information content (AvgIpc) is 3.26. The quantitative estimate of drug-likeness (QED) is 0.490. The Morgan fingerprint density at radius 3 is 2.51 bits per heavy atom. The van der Waals surface area contributed by atoms with Crippen LogP contribution in [0, 0.1) is 24.2 Å². The summed E-state index contributed by atoms with van der Waals surface area (Å²) in [4.78, 5) is 19.8. The van der Waals surface area contributed by atoms with Crippen LogP contribution in [0.1, 0.15) is 54.9 Å². The molecule has 1 saturated heterocycles. The number of hydrogen-bond donors (Lipinski definition) is 1. The zero-order chi connectivity index (χ0) is 26.4. The summed E-state index contributed by atoms with van der Waals surface area (Å²) in [6, 6.07) is 7.97. The zero-order valence-electron chi connectivity index (χ0n) is 21.3. The number of fused-ring (bicyclic) bond motifs is 1. The molecule has 1 aliphatic carbocycles. The number of piperidine rings is 1. The van der Waals surface area contributed by atoms with Gasteiger partial charge >= 0.3 is 6.36 Å². The van der Waals surface area contributed by atoms with E-state index in [4.69, 9.17) is 0 Å². The number of hydrogen-bond acceptors (Lipinski definition) is 5. The Kier molecular flexibility index (Phi) is 6.53. The van der Waals surface area contributed by atoms with Crippen molar-refractivity contribution >= 4 is 17.2 Å². The summed E-state index contributed by atoms with van der Waals surface area (Å²) in [5, 5.41) is 7.73. The van der Waals surface area contributed by atoms with E-state index in [1.54, 1.807) is 22.8 Å². The second-order valence-corrected chi connectivity index (χ2v) is 10.4. The fourth-order valence-electron chi connectivity index (χ4n) is 6.10. The minimum atomic E-state index is -4.68. The lowest BCUT2D eigenvalue weighted by Gasteiger charge is -2.58. The number of aryl methyl sites for hydroxylation is 2. The first-order valence-corrected chi connectivity index (χ1v) is 12.8. The predicted octanol–water partition coefficient (Wildman–Crippen LogP) is 5.17. The molecular formula is C27H32F3N5O2. The smallest absolute Gasteiger partial charge is 0.406 e. The first-order chi connectivity index (χ1) is 17.6. The molecule has 3 heterocycles. The fourth-order valence-corrected chi connectivity index (χ4v) is 6.10. The van der Waals surface area contributed by atoms with Gasteiger partial charge in [-0.2, -0.15) is 5.10 Å². The van der Waals surface area contributed by atoms with Gasteiger partial charge in [-0.3, -0.25) is 4.79 Å². The Hall–Kier alpha value is -3.30. The maximum atomic E-state index is 13.1. The van der Waals surface area contributed by atoms with Crippen molar-refractivity contribution in [1.82, 2.24) is 19.9 Å². The molecule has 0 radical (unpaired) electrons. The number of anilines is 1. The minimum absolute atomic E-state index is 0.120. The summed E-state index contributed by atoms with van der Waals surface area (Å²) in [5.74, 6) is 0.567. The third-order valence-corrected chi connectivity index (χ3v) is 8.40. The van der Waals surface area contributed by atoms with Crippen LogP contribution in [0.15, 0.2) is 36.5 Å². The van der Waals surface area contributed by atoms with Crippen molar-refractivity contribution in [3.05, 3.63) is 53.5 Å². The summed E-state index contributed by atoms with van der Waals surface area (Å²) in [6.45, 7) is 8.55. The van der Waals surface area contributed by atoms with Crippen molar-refractivity contribution in [3.8, 4) is 5.75 Å². The summed E-state index contributed by atoms with van der Waals surface area (Å²) >= 11 is 0. The number of rotatable bonds is 6. The van der Waals surface area contributed by atoms with Crippen molar-refractivity contribution < 1.29 is 22.7 Å². The zero-order valence-corrected chi connectivity index (χ0v) is 21.3. The van der Waals surface area contributed by atoms with E-state index in [1.165, 1.54) is 12.1 Å². The van der Waals surface area contributed by atoms with Crippen LogP contribution in [0.4, 0.5) is 18.9 Å². The van der Waals surface area contributed by atoms with Crippen molar-refractivity contribution in [2.24, 2.45) is 17.3 Å². The molecule has 198 valence electrons. The maximum Gasteiger partial charge on any atom is 0.573 e. The van der Waals surface area contributed by atoms with Gasteiger partial charge in [0.15, 0.2) is 5.65 Å². The molecule has 1 unspecified atom stereocenters. The van der Waals surface area contributed by atoms with Crippen LogP contribution in [-0.2, 0) is 6.42 Å². The van der Waals surface area contributed by atoms with E-state index >= 15 is 0 Å². The average molecular weight is 516 g/mol. The lowest BCUT2D eigenvalue weighted by molar-refractivity contribution is -0.274. The number of halogens is 3. The Balaban J connectivity index is 1.15. The van der Waals surface area contributed by atoms with E-state index in [-0.39, 0.29) is 17.1 Å². The Bertz CT molecular complexity index is 1280. The standard InChI is InChI=1S/C27H32F3N5O2/c1-4-22-23(24-31-12-9-17(2)35(24)33-22)25(36)32-16-19-15-26(18(19)3)10-13-34(14-11-26)20-5-7-21(8-6-20)37-27(28,29)30/h5-9,12,18-19H,4,10-11,13-16H2,1-3H3,(H,32,36)/t18-,19?/m0/s1. The van der Waals surface area contributed by atoms with E-state index in [2.05, 4.69) is 32.0 Å². The summed E-state index contributed by atoms with van der Waals surface area (Å²) in [6.07, 6.45) is 0.789. The van der Waals surface area contributed by atoms with Gasteiger partial charge in [0.05, 0.1) is 5.69 Å². The number of nitrogens with zero attached hydrogens (tertiary/aromatic N) is 4. The third kappa shape index (κ3) is 4.85. The van der Waals surface area contributed by atoms with Crippen LogP contribution in [0.2, 0.25) is 0 Å². The van der Waals surface area contributed by atoms with Gasteiger partial charge in [0.2, 0.25) is 0 Å². The molecule has 0 bridgehead atoms. The molecule has 1 spiro atoms. The van der Waals surface area contributed by atoms with Crippen molar-refractivity contribution in [1.29, 1.82) is 0 Å². The van der Waals surface area contributed by atoms with Crippen molar-refractivity contribution in [2.75, 3.05) is 24.5 Å². The molecule has 3 aromatic rings. The number of alkyl halides is 3. The van der Waals surface area contributed by atoms with E-state index in [0.717, 1.165) is 49.4 Å². The SMILES string of the molecule is CCc1nn2c(C)ccnc2c1C(=O)NCC1CC2(CCN(c3ccc(OC(F)(F)F)cc3)CC2)[C@H]1C. The van der Waals surface area contributed by atoms with Crippen LogP contribution in [0.5, 0.6) is 5.75 Å². The van der Waals surface area contributed by atoms with Gasteiger partial charge < -0.3 is 15.0 Å². The summed E-state index contributed by atoms with van der Waals surface area (Å²) in [5.41, 5.74) is 4.01. The molecule has 10 heteroatoms. The predicted molar refractivity (Wildman–Crippen MR) is 134 cm³/mol. The van der Waals surface area contributed by atoms with E-state index in [9.17, 15) is 18.0 Å². The van der Waals surface area contributed by atoms with Gasteiger partial charge in [0.25, 0.3) is 5.91 Å².